The number of nitrogens with one attached hydrogen (secondary N) is 1. The van der Waals surface area contributed by atoms with Crippen molar-refractivity contribution in [3.8, 4) is 0 Å². The first-order chi connectivity index (χ1) is 6.74. The van der Waals surface area contributed by atoms with Crippen LogP contribution in [-0.2, 0) is 0 Å². The summed E-state index contributed by atoms with van der Waals surface area (Å²) in [6.07, 6.45) is 5.75. The molecule has 2 unspecified atom stereocenters. The second kappa shape index (κ2) is 5.73. The van der Waals surface area contributed by atoms with Crippen molar-refractivity contribution >= 4 is 0 Å². The largest absolute Gasteiger partial charge is 0.328 e. The van der Waals surface area contributed by atoms with Crippen molar-refractivity contribution in [2.75, 3.05) is 7.05 Å². The Morgan fingerprint density at radius 3 is 2.50 bits per heavy atom. The SMILES string of the molecule is CNC(CCC(C)N)c1ccncc1. The van der Waals surface area contributed by atoms with E-state index >= 15 is 0 Å². The van der Waals surface area contributed by atoms with E-state index in [1.54, 1.807) is 0 Å². The van der Waals surface area contributed by atoms with Gasteiger partial charge in [-0.3, -0.25) is 4.98 Å². The molecule has 0 aliphatic carbocycles. The molecule has 0 spiro atoms. The van der Waals surface area contributed by atoms with Gasteiger partial charge in [0.05, 0.1) is 0 Å². The predicted octanol–water partition coefficient (Wildman–Crippen LogP) is 1.47. The van der Waals surface area contributed by atoms with Gasteiger partial charge in [0.25, 0.3) is 0 Å². The fraction of sp³-hybridized carbons (Fsp3) is 0.545. The molecule has 78 valence electrons. The molecule has 0 saturated heterocycles. The van der Waals surface area contributed by atoms with Crippen molar-refractivity contribution in [1.82, 2.24) is 10.3 Å². The van der Waals surface area contributed by atoms with Gasteiger partial charge in [0.2, 0.25) is 0 Å². The lowest BCUT2D eigenvalue weighted by Gasteiger charge is -2.17. The smallest absolute Gasteiger partial charge is 0.0319 e. The summed E-state index contributed by atoms with van der Waals surface area (Å²) in [5.41, 5.74) is 7.01. The second-order valence-corrected chi connectivity index (χ2v) is 3.68. The average molecular weight is 193 g/mol. The number of hydrogen-bond acceptors (Lipinski definition) is 3. The van der Waals surface area contributed by atoms with Crippen LogP contribution in [0, 0.1) is 0 Å². The van der Waals surface area contributed by atoms with Gasteiger partial charge in [0.1, 0.15) is 0 Å². The van der Waals surface area contributed by atoms with E-state index in [0.29, 0.717) is 6.04 Å². The average Bonchev–Trinajstić information content (AvgIpc) is 2.20. The molecule has 0 aliphatic heterocycles. The van der Waals surface area contributed by atoms with E-state index in [9.17, 15) is 0 Å². The minimum atomic E-state index is 0.271. The summed E-state index contributed by atoms with van der Waals surface area (Å²) < 4.78 is 0. The summed E-state index contributed by atoms with van der Waals surface area (Å²) in [5, 5.41) is 3.29. The molecule has 0 aromatic carbocycles. The van der Waals surface area contributed by atoms with Crippen LogP contribution < -0.4 is 11.1 Å². The van der Waals surface area contributed by atoms with Crippen molar-refractivity contribution in [2.24, 2.45) is 5.73 Å². The van der Waals surface area contributed by atoms with Crippen molar-refractivity contribution in [3.05, 3.63) is 30.1 Å². The molecular weight excluding hydrogens is 174 g/mol. The van der Waals surface area contributed by atoms with Gasteiger partial charge in [-0.1, -0.05) is 0 Å². The molecule has 1 rings (SSSR count). The van der Waals surface area contributed by atoms with Crippen LogP contribution in [0.25, 0.3) is 0 Å². The molecule has 1 heterocycles. The van der Waals surface area contributed by atoms with Gasteiger partial charge >= 0.3 is 0 Å². The Balaban J connectivity index is 2.54. The molecule has 0 saturated carbocycles. The lowest BCUT2D eigenvalue weighted by molar-refractivity contribution is 0.496. The predicted molar refractivity (Wildman–Crippen MR) is 58.9 cm³/mol. The number of rotatable bonds is 5. The quantitative estimate of drug-likeness (QED) is 0.744. The third kappa shape index (κ3) is 3.44. The van der Waals surface area contributed by atoms with Crippen molar-refractivity contribution in [3.63, 3.8) is 0 Å². The normalized spacial score (nSPS) is 15.1. The Morgan fingerprint density at radius 2 is 2.00 bits per heavy atom. The van der Waals surface area contributed by atoms with Crippen LogP contribution in [0.15, 0.2) is 24.5 Å². The molecule has 0 amide bonds. The van der Waals surface area contributed by atoms with E-state index in [2.05, 4.69) is 10.3 Å². The number of pyridine rings is 1. The summed E-state index contributed by atoms with van der Waals surface area (Å²) in [6.45, 7) is 2.04. The summed E-state index contributed by atoms with van der Waals surface area (Å²) >= 11 is 0. The molecular formula is C11H19N3. The summed E-state index contributed by atoms with van der Waals surface area (Å²) in [7, 11) is 1.98. The van der Waals surface area contributed by atoms with E-state index < -0.39 is 0 Å². The van der Waals surface area contributed by atoms with E-state index in [1.807, 2.05) is 38.5 Å². The first-order valence-corrected chi connectivity index (χ1v) is 5.06. The number of nitrogens with zero attached hydrogens (tertiary/aromatic N) is 1. The van der Waals surface area contributed by atoms with Crippen LogP contribution in [0.3, 0.4) is 0 Å². The topological polar surface area (TPSA) is 50.9 Å². The van der Waals surface area contributed by atoms with Crippen LogP contribution in [-0.4, -0.2) is 18.1 Å². The zero-order chi connectivity index (χ0) is 10.4. The second-order valence-electron chi connectivity index (χ2n) is 3.68. The Kier molecular flexibility index (Phi) is 4.56. The monoisotopic (exact) mass is 193 g/mol. The molecule has 0 radical (unpaired) electrons. The molecule has 3 N–H and O–H groups in total. The highest BCUT2D eigenvalue weighted by Gasteiger charge is 2.08. The van der Waals surface area contributed by atoms with Gasteiger partial charge in [-0.2, -0.15) is 0 Å². The van der Waals surface area contributed by atoms with Gasteiger partial charge in [0.15, 0.2) is 0 Å². The van der Waals surface area contributed by atoms with Crippen LogP contribution >= 0.6 is 0 Å². The first kappa shape index (κ1) is 11.1. The van der Waals surface area contributed by atoms with Gasteiger partial charge in [-0.05, 0) is 44.5 Å². The Labute approximate surface area is 85.7 Å². The van der Waals surface area contributed by atoms with E-state index in [0.717, 1.165) is 12.8 Å². The third-order valence-corrected chi connectivity index (χ3v) is 2.37. The molecule has 2 atom stereocenters. The molecule has 1 aromatic heterocycles. The van der Waals surface area contributed by atoms with Crippen LogP contribution in [0.2, 0.25) is 0 Å². The zero-order valence-electron chi connectivity index (χ0n) is 8.90. The van der Waals surface area contributed by atoms with Gasteiger partial charge < -0.3 is 11.1 Å². The Bertz CT molecular complexity index is 246. The summed E-state index contributed by atoms with van der Waals surface area (Å²) in [5.74, 6) is 0. The van der Waals surface area contributed by atoms with Gasteiger partial charge in [-0.25, -0.2) is 0 Å². The number of hydrogen-bond donors (Lipinski definition) is 2. The maximum Gasteiger partial charge on any atom is 0.0319 e. The highest BCUT2D eigenvalue weighted by molar-refractivity contribution is 5.14. The maximum absolute atomic E-state index is 5.73. The standard InChI is InChI=1S/C11H19N3/c1-9(12)3-4-11(13-2)10-5-7-14-8-6-10/h5-9,11,13H,3-4,12H2,1-2H3. The van der Waals surface area contributed by atoms with Crippen molar-refractivity contribution in [2.45, 2.75) is 31.8 Å². The molecule has 3 nitrogen and oxygen atoms in total. The fourth-order valence-electron chi connectivity index (χ4n) is 1.50. The van der Waals surface area contributed by atoms with Crippen LogP contribution in [0.1, 0.15) is 31.4 Å². The first-order valence-electron chi connectivity index (χ1n) is 5.06. The minimum absolute atomic E-state index is 0.271. The fourth-order valence-corrected chi connectivity index (χ4v) is 1.50. The number of nitrogens with two attached hydrogens (primary N) is 1. The van der Waals surface area contributed by atoms with Crippen LogP contribution in [0.5, 0.6) is 0 Å². The van der Waals surface area contributed by atoms with Gasteiger partial charge in [0, 0.05) is 24.5 Å². The minimum Gasteiger partial charge on any atom is -0.328 e. The summed E-state index contributed by atoms with van der Waals surface area (Å²) in [4.78, 5) is 4.00. The number of aromatic nitrogens is 1. The third-order valence-electron chi connectivity index (χ3n) is 2.37. The molecule has 0 bridgehead atoms. The van der Waals surface area contributed by atoms with E-state index in [1.165, 1.54) is 5.56 Å². The molecule has 0 fully saturated rings. The molecule has 1 aromatic rings. The van der Waals surface area contributed by atoms with E-state index in [4.69, 9.17) is 5.73 Å². The van der Waals surface area contributed by atoms with Crippen molar-refractivity contribution in [1.29, 1.82) is 0 Å². The Morgan fingerprint density at radius 1 is 1.36 bits per heavy atom. The zero-order valence-corrected chi connectivity index (χ0v) is 8.90. The van der Waals surface area contributed by atoms with Crippen molar-refractivity contribution < 1.29 is 0 Å². The Hall–Kier alpha value is -0.930. The summed E-state index contributed by atoms with van der Waals surface area (Å²) in [6, 6.07) is 4.75. The lowest BCUT2D eigenvalue weighted by atomic mass is 10.0. The highest BCUT2D eigenvalue weighted by atomic mass is 14.9. The maximum atomic E-state index is 5.73. The molecule has 0 aliphatic rings. The molecule has 3 heteroatoms. The highest BCUT2D eigenvalue weighted by Crippen LogP contribution is 2.17. The van der Waals surface area contributed by atoms with E-state index in [-0.39, 0.29) is 6.04 Å². The van der Waals surface area contributed by atoms with Gasteiger partial charge in [-0.15, -0.1) is 0 Å². The van der Waals surface area contributed by atoms with Crippen LogP contribution in [0.4, 0.5) is 0 Å². The molecule has 14 heavy (non-hydrogen) atoms. The lowest BCUT2D eigenvalue weighted by Crippen LogP contribution is -2.21.